The van der Waals surface area contributed by atoms with Crippen molar-refractivity contribution in [2.45, 2.75) is 6.92 Å². The summed E-state index contributed by atoms with van der Waals surface area (Å²) in [7, 11) is 0. The topological polar surface area (TPSA) is 64.1 Å². The minimum Gasteiger partial charge on any atom is -0.494 e. The van der Waals surface area contributed by atoms with Crippen molar-refractivity contribution in [3.63, 3.8) is 0 Å². The highest BCUT2D eigenvalue weighted by Crippen LogP contribution is 2.29. The first kappa shape index (κ1) is 18.8. The van der Waals surface area contributed by atoms with Crippen LogP contribution in [0, 0.1) is 0 Å². The van der Waals surface area contributed by atoms with Gasteiger partial charge in [-0.3, -0.25) is 9.78 Å². The molecule has 0 radical (unpaired) electrons. The molecule has 0 spiro atoms. The fourth-order valence-corrected chi connectivity index (χ4v) is 3.70. The van der Waals surface area contributed by atoms with Crippen molar-refractivity contribution in [3.8, 4) is 27.6 Å². The zero-order valence-corrected chi connectivity index (χ0v) is 16.6. The van der Waals surface area contributed by atoms with Gasteiger partial charge in [-0.2, -0.15) is 0 Å². The minimum atomic E-state index is -0.166. The summed E-state index contributed by atoms with van der Waals surface area (Å²) in [6.45, 7) is 2.52. The molecule has 0 aliphatic carbocycles. The van der Waals surface area contributed by atoms with Crippen molar-refractivity contribution < 1.29 is 9.53 Å². The summed E-state index contributed by atoms with van der Waals surface area (Å²) in [5, 5.41) is 5.90. The summed E-state index contributed by atoms with van der Waals surface area (Å²) in [6, 6.07) is 18.7. The molecular weight excluding hydrogens is 382 g/mol. The van der Waals surface area contributed by atoms with E-state index in [9.17, 15) is 4.79 Å². The van der Waals surface area contributed by atoms with Gasteiger partial charge in [-0.15, -0.1) is 11.3 Å². The molecule has 2 heterocycles. The van der Waals surface area contributed by atoms with Crippen LogP contribution < -0.4 is 10.1 Å². The molecule has 4 rings (SSSR count). The van der Waals surface area contributed by atoms with Crippen molar-refractivity contribution >= 4 is 22.9 Å². The van der Waals surface area contributed by atoms with Crippen LogP contribution >= 0.6 is 11.3 Å². The van der Waals surface area contributed by atoms with Gasteiger partial charge in [0.05, 0.1) is 12.3 Å². The van der Waals surface area contributed by atoms with E-state index in [2.05, 4.69) is 10.3 Å². The molecule has 5 nitrogen and oxygen atoms in total. The van der Waals surface area contributed by atoms with E-state index in [0.29, 0.717) is 12.2 Å². The number of nitrogens with zero attached hydrogens (tertiary/aromatic N) is 2. The lowest BCUT2D eigenvalue weighted by Crippen LogP contribution is -2.11. The fraction of sp³-hybridized carbons (Fsp3) is 0.0870. The number of pyridine rings is 1. The van der Waals surface area contributed by atoms with Gasteiger partial charge in [0.2, 0.25) is 0 Å². The Bertz CT molecular complexity index is 1110. The van der Waals surface area contributed by atoms with Gasteiger partial charge in [0, 0.05) is 40.2 Å². The highest BCUT2D eigenvalue weighted by molar-refractivity contribution is 7.13. The van der Waals surface area contributed by atoms with Gasteiger partial charge in [0.25, 0.3) is 5.91 Å². The predicted molar refractivity (Wildman–Crippen MR) is 116 cm³/mol. The van der Waals surface area contributed by atoms with Crippen LogP contribution in [0.3, 0.4) is 0 Å². The molecule has 0 bridgehead atoms. The third kappa shape index (κ3) is 4.50. The maximum absolute atomic E-state index is 12.5. The van der Waals surface area contributed by atoms with E-state index in [1.165, 1.54) is 0 Å². The molecule has 0 saturated carbocycles. The highest BCUT2D eigenvalue weighted by Gasteiger charge is 2.10. The normalized spacial score (nSPS) is 10.5. The molecular formula is C23H19N3O2S. The standard InChI is InChI=1S/C23H19N3O2S/c1-2-28-20-8-6-16(7-9-20)22(27)25-19-5-3-4-18(14-19)21-15-29-23(26-21)17-10-12-24-13-11-17/h3-15H,2H2,1H3,(H,25,27). The number of benzene rings is 2. The number of aromatic nitrogens is 2. The number of hydrogen-bond donors (Lipinski definition) is 1. The van der Waals surface area contributed by atoms with Gasteiger partial charge in [-0.05, 0) is 55.5 Å². The molecule has 0 atom stereocenters. The van der Waals surface area contributed by atoms with Gasteiger partial charge < -0.3 is 10.1 Å². The van der Waals surface area contributed by atoms with Crippen LogP contribution in [0.25, 0.3) is 21.8 Å². The Labute approximate surface area is 173 Å². The van der Waals surface area contributed by atoms with Gasteiger partial charge in [0.1, 0.15) is 10.8 Å². The van der Waals surface area contributed by atoms with Crippen LogP contribution in [0.2, 0.25) is 0 Å². The molecule has 0 aliphatic rings. The Kier molecular flexibility index (Phi) is 5.63. The van der Waals surface area contributed by atoms with E-state index < -0.39 is 0 Å². The molecule has 4 aromatic rings. The Balaban J connectivity index is 1.50. The van der Waals surface area contributed by atoms with Gasteiger partial charge in [-0.25, -0.2) is 4.98 Å². The zero-order chi connectivity index (χ0) is 20.1. The van der Waals surface area contributed by atoms with E-state index in [0.717, 1.165) is 33.3 Å². The first-order valence-corrected chi connectivity index (χ1v) is 10.1. The Hall–Kier alpha value is -3.51. The molecule has 29 heavy (non-hydrogen) atoms. The van der Waals surface area contributed by atoms with Crippen LogP contribution in [0.1, 0.15) is 17.3 Å². The lowest BCUT2D eigenvalue weighted by molar-refractivity contribution is 0.102. The van der Waals surface area contributed by atoms with Crippen LogP contribution in [0.15, 0.2) is 78.4 Å². The van der Waals surface area contributed by atoms with Gasteiger partial charge in [0.15, 0.2) is 0 Å². The molecule has 6 heteroatoms. The Morgan fingerprint density at radius 3 is 2.59 bits per heavy atom. The summed E-state index contributed by atoms with van der Waals surface area (Å²) >= 11 is 1.58. The molecule has 0 unspecified atom stereocenters. The number of nitrogens with one attached hydrogen (secondary N) is 1. The largest absolute Gasteiger partial charge is 0.494 e. The third-order valence-corrected chi connectivity index (χ3v) is 5.17. The van der Waals surface area contributed by atoms with Crippen LogP contribution in [0.4, 0.5) is 5.69 Å². The number of ether oxygens (including phenoxy) is 1. The van der Waals surface area contributed by atoms with E-state index in [1.54, 1.807) is 48.0 Å². The Morgan fingerprint density at radius 1 is 1.03 bits per heavy atom. The van der Waals surface area contributed by atoms with Crippen LogP contribution in [0.5, 0.6) is 5.75 Å². The number of hydrogen-bond acceptors (Lipinski definition) is 5. The lowest BCUT2D eigenvalue weighted by atomic mass is 10.1. The molecule has 0 aliphatic heterocycles. The predicted octanol–water partition coefficient (Wildman–Crippen LogP) is 5.52. The molecule has 1 N–H and O–H groups in total. The summed E-state index contributed by atoms with van der Waals surface area (Å²) in [5.41, 5.74) is 4.16. The number of anilines is 1. The van der Waals surface area contributed by atoms with Crippen molar-refractivity contribution in [3.05, 3.63) is 84.0 Å². The number of thiazole rings is 1. The second-order valence-electron chi connectivity index (χ2n) is 6.27. The summed E-state index contributed by atoms with van der Waals surface area (Å²) in [4.78, 5) is 21.3. The van der Waals surface area contributed by atoms with Crippen LogP contribution in [-0.2, 0) is 0 Å². The maximum atomic E-state index is 12.5. The highest BCUT2D eigenvalue weighted by atomic mass is 32.1. The summed E-state index contributed by atoms with van der Waals surface area (Å²) < 4.78 is 5.42. The number of carbonyl (C=O) groups is 1. The number of carbonyl (C=O) groups excluding carboxylic acids is 1. The molecule has 1 amide bonds. The van der Waals surface area contributed by atoms with Gasteiger partial charge in [-0.1, -0.05) is 12.1 Å². The van der Waals surface area contributed by atoms with E-state index >= 15 is 0 Å². The minimum absolute atomic E-state index is 0.166. The van der Waals surface area contributed by atoms with E-state index in [-0.39, 0.29) is 5.91 Å². The second-order valence-corrected chi connectivity index (χ2v) is 7.12. The smallest absolute Gasteiger partial charge is 0.255 e. The van der Waals surface area contributed by atoms with Crippen molar-refractivity contribution in [1.29, 1.82) is 0 Å². The van der Waals surface area contributed by atoms with Gasteiger partial charge >= 0.3 is 0 Å². The zero-order valence-electron chi connectivity index (χ0n) is 15.8. The molecule has 0 fully saturated rings. The quantitative estimate of drug-likeness (QED) is 0.462. The second kappa shape index (κ2) is 8.67. The van der Waals surface area contributed by atoms with E-state index in [1.807, 2.05) is 48.7 Å². The Morgan fingerprint density at radius 2 is 1.83 bits per heavy atom. The first-order chi connectivity index (χ1) is 14.2. The molecule has 2 aromatic carbocycles. The fourth-order valence-electron chi connectivity index (χ4n) is 2.86. The van der Waals surface area contributed by atoms with Crippen LogP contribution in [-0.4, -0.2) is 22.5 Å². The number of rotatable bonds is 6. The van der Waals surface area contributed by atoms with E-state index in [4.69, 9.17) is 9.72 Å². The molecule has 0 saturated heterocycles. The lowest BCUT2D eigenvalue weighted by Gasteiger charge is -2.08. The average molecular weight is 401 g/mol. The first-order valence-electron chi connectivity index (χ1n) is 9.23. The average Bonchev–Trinajstić information content (AvgIpc) is 3.26. The van der Waals surface area contributed by atoms with Crippen molar-refractivity contribution in [2.75, 3.05) is 11.9 Å². The van der Waals surface area contributed by atoms with Crippen molar-refractivity contribution in [2.24, 2.45) is 0 Å². The summed E-state index contributed by atoms with van der Waals surface area (Å²) in [6.07, 6.45) is 3.51. The molecule has 144 valence electrons. The summed E-state index contributed by atoms with van der Waals surface area (Å²) in [5.74, 6) is 0.584. The third-order valence-electron chi connectivity index (χ3n) is 4.28. The SMILES string of the molecule is CCOc1ccc(C(=O)Nc2cccc(-c3csc(-c4ccncc4)n3)c2)cc1. The molecule has 2 aromatic heterocycles. The number of amides is 1. The monoisotopic (exact) mass is 401 g/mol. The maximum Gasteiger partial charge on any atom is 0.255 e. The van der Waals surface area contributed by atoms with Crippen molar-refractivity contribution in [1.82, 2.24) is 9.97 Å².